The summed E-state index contributed by atoms with van der Waals surface area (Å²) in [4.78, 5) is 28.1. The molecule has 0 fully saturated rings. The number of nitrogens with zero attached hydrogens (tertiary/aromatic N) is 2. The van der Waals surface area contributed by atoms with E-state index in [0.29, 0.717) is 5.69 Å². The molecule has 2 aromatic carbocycles. The highest BCUT2D eigenvalue weighted by atomic mass is 32.2. The van der Waals surface area contributed by atoms with Crippen molar-refractivity contribution < 1.29 is 19.0 Å². The number of hydrogen-bond acceptors (Lipinski definition) is 7. The van der Waals surface area contributed by atoms with Gasteiger partial charge in [-0.25, -0.2) is 14.2 Å². The van der Waals surface area contributed by atoms with Crippen LogP contribution in [-0.2, 0) is 0 Å². The molecule has 5 rings (SSSR count). The van der Waals surface area contributed by atoms with Crippen LogP contribution in [0.3, 0.4) is 0 Å². The summed E-state index contributed by atoms with van der Waals surface area (Å²) in [5, 5.41) is 12.2. The van der Waals surface area contributed by atoms with Crippen molar-refractivity contribution in [3.63, 3.8) is 0 Å². The number of aromatic nitrogens is 2. The zero-order chi connectivity index (χ0) is 27.3. The molecular weight excluding hydrogens is 507 g/mol. The van der Waals surface area contributed by atoms with Crippen LogP contribution in [0.4, 0.5) is 15.9 Å². The Morgan fingerprint density at radius 2 is 1.84 bits per heavy atom. The van der Waals surface area contributed by atoms with Gasteiger partial charge in [-0.15, -0.1) is 11.8 Å². The number of anilines is 2. The minimum atomic E-state index is -1.29. The maximum absolute atomic E-state index is 12.7. The number of carboxylic acid groups (broad SMARTS) is 1. The average molecular weight is 535 g/mol. The van der Waals surface area contributed by atoms with Crippen LogP contribution in [-0.4, -0.2) is 32.9 Å². The second-order valence-electron chi connectivity index (χ2n) is 9.34. The van der Waals surface area contributed by atoms with Crippen LogP contribution in [0.2, 0.25) is 0 Å². The van der Waals surface area contributed by atoms with Crippen molar-refractivity contribution in [2.24, 2.45) is 5.41 Å². The van der Waals surface area contributed by atoms with Gasteiger partial charge in [-0.3, -0.25) is 9.36 Å². The Labute approximate surface area is 223 Å². The molecule has 3 heterocycles. The van der Waals surface area contributed by atoms with E-state index in [9.17, 15) is 14.0 Å². The van der Waals surface area contributed by atoms with Gasteiger partial charge < -0.3 is 20.9 Å². The Morgan fingerprint density at radius 1 is 1.13 bits per heavy atom. The van der Waals surface area contributed by atoms with Crippen LogP contribution >= 0.6 is 11.8 Å². The highest BCUT2D eigenvalue weighted by Crippen LogP contribution is 2.42. The standard InChI is InChI=1S/C16H19N3OS.C12H8FNO3/c1-16(2)9-19-15-14(21-10-16)13(7-8-18-15)20-12-5-3-11(17)4-6-12;13-8-3-5-9(6-4-8)14-7-1-2-10(11(14)15)12(16)17/h3-8H,9-10,17H2,1-2H3,(H,18,19);1-7H,(H,16,17). The molecule has 10 heteroatoms. The second kappa shape index (κ2) is 11.4. The van der Waals surface area contributed by atoms with Crippen LogP contribution in [0.15, 0.2) is 88.8 Å². The van der Waals surface area contributed by atoms with Crippen molar-refractivity contribution >= 4 is 29.2 Å². The molecule has 4 N–H and O–H groups in total. The van der Waals surface area contributed by atoms with Gasteiger partial charge in [0.1, 0.15) is 28.7 Å². The number of halogens is 1. The highest BCUT2D eigenvalue weighted by molar-refractivity contribution is 7.99. The number of fused-ring (bicyclic) bond motifs is 1. The Balaban J connectivity index is 0.000000181. The van der Waals surface area contributed by atoms with Crippen LogP contribution in [0.1, 0.15) is 24.2 Å². The van der Waals surface area contributed by atoms with Gasteiger partial charge in [-0.1, -0.05) is 13.8 Å². The molecule has 4 aromatic rings. The largest absolute Gasteiger partial charge is 0.477 e. The molecular formula is C28H27FN4O4S. The van der Waals surface area contributed by atoms with Crippen molar-refractivity contribution in [1.29, 1.82) is 0 Å². The molecule has 0 spiro atoms. The molecule has 0 saturated carbocycles. The molecule has 0 saturated heterocycles. The van der Waals surface area contributed by atoms with Gasteiger partial charge in [-0.2, -0.15) is 0 Å². The minimum Gasteiger partial charge on any atom is -0.477 e. The number of nitrogen functional groups attached to an aromatic ring is 1. The third-order valence-electron chi connectivity index (χ3n) is 5.60. The Morgan fingerprint density at radius 3 is 2.53 bits per heavy atom. The number of nitrogens with two attached hydrogens (primary N) is 1. The van der Waals surface area contributed by atoms with E-state index in [1.807, 2.05) is 30.3 Å². The maximum atomic E-state index is 12.7. The number of ether oxygens (including phenoxy) is 1. The number of pyridine rings is 2. The Hall–Kier alpha value is -4.31. The zero-order valence-corrected chi connectivity index (χ0v) is 21.7. The first-order chi connectivity index (χ1) is 18.1. The number of nitrogens with one attached hydrogen (secondary N) is 1. The van der Waals surface area contributed by atoms with E-state index in [-0.39, 0.29) is 11.0 Å². The summed E-state index contributed by atoms with van der Waals surface area (Å²) < 4.78 is 19.9. The quantitative estimate of drug-likeness (QED) is 0.286. The molecule has 38 heavy (non-hydrogen) atoms. The third kappa shape index (κ3) is 6.51. The molecule has 2 aromatic heterocycles. The molecule has 0 radical (unpaired) electrons. The van der Waals surface area contributed by atoms with Gasteiger partial charge >= 0.3 is 5.97 Å². The van der Waals surface area contributed by atoms with Gasteiger partial charge in [0.25, 0.3) is 5.56 Å². The van der Waals surface area contributed by atoms with Crippen LogP contribution in [0, 0.1) is 11.2 Å². The molecule has 0 bridgehead atoms. The Kier molecular flexibility index (Phi) is 8.02. The molecule has 1 aliphatic heterocycles. The molecule has 0 unspecified atom stereocenters. The fourth-order valence-corrected chi connectivity index (χ4v) is 4.69. The first-order valence-corrected chi connectivity index (χ1v) is 12.7. The predicted octanol–water partition coefficient (Wildman–Crippen LogP) is 5.67. The molecule has 0 atom stereocenters. The van der Waals surface area contributed by atoms with E-state index >= 15 is 0 Å². The fourth-order valence-electron chi connectivity index (χ4n) is 3.54. The van der Waals surface area contributed by atoms with E-state index < -0.39 is 17.3 Å². The summed E-state index contributed by atoms with van der Waals surface area (Å²) in [6.45, 7) is 5.41. The predicted molar refractivity (Wildman–Crippen MR) is 147 cm³/mol. The number of aromatic carboxylic acids is 1. The summed E-state index contributed by atoms with van der Waals surface area (Å²) in [5.74, 6) is 1.83. The Bertz CT molecular complexity index is 1490. The number of carbonyl (C=O) groups is 1. The van der Waals surface area contributed by atoms with Crippen LogP contribution in [0.5, 0.6) is 11.5 Å². The molecule has 8 nitrogen and oxygen atoms in total. The van der Waals surface area contributed by atoms with Gasteiger partial charge in [0, 0.05) is 42.1 Å². The zero-order valence-electron chi connectivity index (χ0n) is 20.8. The van der Waals surface area contributed by atoms with Crippen molar-refractivity contribution in [2.75, 3.05) is 23.3 Å². The number of hydrogen-bond donors (Lipinski definition) is 3. The first kappa shape index (κ1) is 26.7. The summed E-state index contributed by atoms with van der Waals surface area (Å²) in [6.07, 6.45) is 3.21. The first-order valence-electron chi connectivity index (χ1n) is 11.7. The molecule has 1 aliphatic rings. The van der Waals surface area contributed by atoms with Gasteiger partial charge in [0.15, 0.2) is 0 Å². The summed E-state index contributed by atoms with van der Waals surface area (Å²) in [7, 11) is 0. The number of rotatable bonds is 4. The average Bonchev–Trinajstić information content (AvgIpc) is 3.05. The smallest absolute Gasteiger partial charge is 0.341 e. The minimum absolute atomic E-state index is 0.226. The lowest BCUT2D eigenvalue weighted by molar-refractivity contribution is 0.0694. The van der Waals surface area contributed by atoms with Crippen molar-refractivity contribution in [1.82, 2.24) is 9.55 Å². The normalized spacial score (nSPS) is 13.7. The van der Waals surface area contributed by atoms with Crippen molar-refractivity contribution in [3.8, 4) is 17.2 Å². The van der Waals surface area contributed by atoms with E-state index in [4.69, 9.17) is 15.6 Å². The van der Waals surface area contributed by atoms with Gasteiger partial charge in [0.2, 0.25) is 0 Å². The second-order valence-corrected chi connectivity index (χ2v) is 10.3. The lowest BCUT2D eigenvalue weighted by Gasteiger charge is -2.20. The summed E-state index contributed by atoms with van der Waals surface area (Å²) in [5.41, 5.74) is 6.11. The summed E-state index contributed by atoms with van der Waals surface area (Å²) >= 11 is 1.79. The number of carboxylic acids is 1. The topological polar surface area (TPSA) is 119 Å². The van der Waals surface area contributed by atoms with E-state index in [1.54, 1.807) is 18.0 Å². The summed E-state index contributed by atoms with van der Waals surface area (Å²) in [6, 6.07) is 17.2. The fraction of sp³-hybridized carbons (Fsp3) is 0.179. The van der Waals surface area contributed by atoms with Gasteiger partial charge in [-0.05, 0) is 66.1 Å². The number of thioether (sulfide) groups is 1. The maximum Gasteiger partial charge on any atom is 0.341 e. The highest BCUT2D eigenvalue weighted by Gasteiger charge is 2.25. The molecule has 0 aliphatic carbocycles. The number of benzene rings is 2. The van der Waals surface area contributed by atoms with E-state index in [0.717, 1.165) is 44.8 Å². The lowest BCUT2D eigenvalue weighted by Crippen LogP contribution is -2.24. The molecule has 0 amide bonds. The van der Waals surface area contributed by atoms with E-state index in [2.05, 4.69) is 24.1 Å². The van der Waals surface area contributed by atoms with Crippen molar-refractivity contribution in [3.05, 3.63) is 101 Å². The SMILES string of the molecule is CC1(C)CNc2nccc(Oc3ccc(N)cc3)c2SC1.O=C(O)c1cccn(-c2ccc(F)cc2)c1=O. The van der Waals surface area contributed by atoms with E-state index in [1.165, 1.54) is 42.6 Å². The van der Waals surface area contributed by atoms with Crippen molar-refractivity contribution in [2.45, 2.75) is 18.7 Å². The monoisotopic (exact) mass is 534 g/mol. The molecule has 196 valence electrons. The third-order valence-corrected chi connectivity index (χ3v) is 7.21. The van der Waals surface area contributed by atoms with Gasteiger partial charge in [0.05, 0.1) is 4.90 Å². The van der Waals surface area contributed by atoms with Crippen LogP contribution in [0.25, 0.3) is 5.69 Å². The van der Waals surface area contributed by atoms with Crippen LogP contribution < -0.4 is 21.3 Å². The lowest BCUT2D eigenvalue weighted by atomic mass is 9.97.